The van der Waals surface area contributed by atoms with Crippen LogP contribution in [-0.2, 0) is 33.2 Å². The third-order valence-electron chi connectivity index (χ3n) is 6.01. The van der Waals surface area contributed by atoms with E-state index in [1.165, 1.54) is 13.8 Å². The molecule has 0 bridgehead atoms. The summed E-state index contributed by atoms with van der Waals surface area (Å²) in [6.07, 6.45) is -18.1. The van der Waals surface area contributed by atoms with Gasteiger partial charge >= 0.3 is 31.0 Å². The third kappa shape index (κ3) is 7.82. The quantitative estimate of drug-likeness (QED) is 0.244. The topological polar surface area (TPSA) is 77.5 Å². The molecule has 1 aliphatic heterocycles. The van der Waals surface area contributed by atoms with Gasteiger partial charge in [-0.15, -0.1) is 13.2 Å². The summed E-state index contributed by atoms with van der Waals surface area (Å²) in [6.45, 7) is 2.01. The second-order valence-corrected chi connectivity index (χ2v) is 8.98. The van der Waals surface area contributed by atoms with Crippen LogP contribution in [0.1, 0.15) is 48.6 Å². The van der Waals surface area contributed by atoms with E-state index in [0.29, 0.717) is 12.1 Å². The summed E-state index contributed by atoms with van der Waals surface area (Å²) in [7, 11) is 0.898. The maximum Gasteiger partial charge on any atom is 0.573 e. The summed E-state index contributed by atoms with van der Waals surface area (Å²) >= 11 is 0. The van der Waals surface area contributed by atoms with E-state index in [1.54, 1.807) is 0 Å². The van der Waals surface area contributed by atoms with E-state index < -0.39 is 72.0 Å². The van der Waals surface area contributed by atoms with Gasteiger partial charge in [0.25, 0.3) is 0 Å². The fraction of sp³-hybridized carbons (Fsp3) is 0.440. The van der Waals surface area contributed by atoms with Crippen LogP contribution in [0.3, 0.4) is 0 Å². The molecule has 2 aromatic rings. The minimum absolute atomic E-state index is 0.0600. The Labute approximate surface area is 232 Å². The van der Waals surface area contributed by atoms with E-state index in [9.17, 15) is 49.1 Å². The second kappa shape index (κ2) is 12.1. The molecule has 1 heterocycles. The number of benzene rings is 2. The number of rotatable bonds is 6. The standard InChI is InChI=1S/C25H23F9N2O6/c1-4-40-22(38)42-36-13(2)7-20(18-11-17(5-6-19(18)36)41-25(32,33)34)35(21(37)39-3)12-14-8-15(23(26,27)28)10-16(9-14)24(29,30)31/h5-6,8-11,13,20H,4,7,12H2,1-3H3/t13-,20+/m1/s1. The molecule has 2 atom stereocenters. The van der Waals surface area contributed by atoms with Crippen LogP contribution in [0.15, 0.2) is 36.4 Å². The van der Waals surface area contributed by atoms with Crippen LogP contribution >= 0.6 is 0 Å². The maximum atomic E-state index is 13.4. The van der Waals surface area contributed by atoms with Gasteiger partial charge in [-0.3, -0.25) is 4.90 Å². The molecule has 0 radical (unpaired) electrons. The molecule has 0 spiro atoms. The highest BCUT2D eigenvalue weighted by molar-refractivity contribution is 5.71. The lowest BCUT2D eigenvalue weighted by atomic mass is 9.91. The number of anilines is 1. The van der Waals surface area contributed by atoms with Gasteiger partial charge in [-0.2, -0.15) is 26.3 Å². The number of hydrogen-bond acceptors (Lipinski definition) is 7. The van der Waals surface area contributed by atoms with Gasteiger partial charge in [-0.05, 0) is 62.2 Å². The maximum absolute atomic E-state index is 13.4. The molecule has 0 fully saturated rings. The van der Waals surface area contributed by atoms with Crippen molar-refractivity contribution < 1.29 is 68.2 Å². The average Bonchev–Trinajstić information content (AvgIpc) is 2.86. The molecule has 232 valence electrons. The molecular formula is C25H23F9N2O6. The predicted molar refractivity (Wildman–Crippen MR) is 125 cm³/mol. The first-order chi connectivity index (χ1) is 19.3. The molecule has 42 heavy (non-hydrogen) atoms. The number of hydrogen-bond donors (Lipinski definition) is 0. The van der Waals surface area contributed by atoms with Crippen molar-refractivity contribution in [1.82, 2.24) is 4.90 Å². The smallest absolute Gasteiger partial charge is 0.453 e. The van der Waals surface area contributed by atoms with Crippen molar-refractivity contribution >= 4 is 17.9 Å². The zero-order valence-electron chi connectivity index (χ0n) is 22.0. The van der Waals surface area contributed by atoms with Crippen LogP contribution in [0.5, 0.6) is 5.75 Å². The van der Waals surface area contributed by atoms with Crippen LogP contribution in [0, 0.1) is 0 Å². The van der Waals surface area contributed by atoms with Gasteiger partial charge in [-0.1, -0.05) is 0 Å². The van der Waals surface area contributed by atoms with Crippen molar-refractivity contribution in [2.24, 2.45) is 0 Å². The number of carbonyl (C=O) groups is 2. The number of methoxy groups -OCH3 is 1. The SMILES string of the molecule is CCOC(=O)ON1c2ccc(OC(F)(F)F)cc2[C@@H](N(Cc2cc(C(F)(F)F)cc(C(F)(F)F)c2)C(=O)OC)C[C@H]1C. The molecule has 8 nitrogen and oxygen atoms in total. The van der Waals surface area contributed by atoms with Crippen molar-refractivity contribution in [2.45, 2.75) is 57.6 Å². The highest BCUT2D eigenvalue weighted by atomic mass is 19.4. The number of hydroxylamine groups is 1. The van der Waals surface area contributed by atoms with Crippen LogP contribution in [0.4, 0.5) is 54.8 Å². The number of nitrogens with zero attached hydrogens (tertiary/aromatic N) is 2. The van der Waals surface area contributed by atoms with E-state index in [0.717, 1.165) is 35.3 Å². The Morgan fingerprint density at radius 3 is 2.05 bits per heavy atom. The van der Waals surface area contributed by atoms with Crippen LogP contribution < -0.4 is 9.80 Å². The van der Waals surface area contributed by atoms with Crippen LogP contribution in [-0.4, -0.2) is 43.3 Å². The highest BCUT2D eigenvalue weighted by Crippen LogP contribution is 2.44. The highest BCUT2D eigenvalue weighted by Gasteiger charge is 2.41. The number of halogens is 9. The molecule has 0 saturated carbocycles. The molecule has 1 amide bonds. The van der Waals surface area contributed by atoms with Gasteiger partial charge < -0.3 is 19.0 Å². The summed E-state index contributed by atoms with van der Waals surface area (Å²) < 4.78 is 133. The van der Waals surface area contributed by atoms with Crippen molar-refractivity contribution in [1.29, 1.82) is 0 Å². The van der Waals surface area contributed by atoms with Gasteiger partial charge in [0.1, 0.15) is 5.75 Å². The molecule has 17 heteroatoms. The monoisotopic (exact) mass is 618 g/mol. The molecule has 2 aromatic carbocycles. The normalized spacial score (nSPS) is 17.3. The first-order valence-corrected chi connectivity index (χ1v) is 12.0. The lowest BCUT2D eigenvalue weighted by molar-refractivity contribution is -0.274. The van der Waals surface area contributed by atoms with Gasteiger partial charge in [0.2, 0.25) is 0 Å². The van der Waals surface area contributed by atoms with E-state index in [4.69, 9.17) is 14.3 Å². The Hall–Kier alpha value is -4.05. The van der Waals surface area contributed by atoms with E-state index in [1.807, 2.05) is 0 Å². The van der Waals surface area contributed by atoms with Gasteiger partial charge in [0.05, 0.1) is 42.6 Å². The molecule has 0 aromatic heterocycles. The van der Waals surface area contributed by atoms with Crippen molar-refractivity contribution in [2.75, 3.05) is 18.8 Å². The van der Waals surface area contributed by atoms with Crippen molar-refractivity contribution in [3.8, 4) is 5.75 Å². The van der Waals surface area contributed by atoms with Gasteiger partial charge in [0.15, 0.2) is 0 Å². The fourth-order valence-corrected chi connectivity index (χ4v) is 4.37. The largest absolute Gasteiger partial charge is 0.573 e. The first kappa shape index (κ1) is 32.5. The van der Waals surface area contributed by atoms with Crippen molar-refractivity contribution in [3.05, 3.63) is 58.7 Å². The summed E-state index contributed by atoms with van der Waals surface area (Å²) in [5.41, 5.74) is -4.07. The summed E-state index contributed by atoms with van der Waals surface area (Å²) in [5, 5.41) is 0.989. The summed E-state index contributed by atoms with van der Waals surface area (Å²) in [4.78, 5) is 30.8. The molecule has 1 aliphatic rings. The minimum atomic E-state index is -5.17. The predicted octanol–water partition coefficient (Wildman–Crippen LogP) is 7.62. The van der Waals surface area contributed by atoms with Gasteiger partial charge in [-0.25, -0.2) is 14.7 Å². The number of ether oxygens (including phenoxy) is 3. The molecule has 0 N–H and O–H groups in total. The number of fused-ring (bicyclic) bond motifs is 1. The molecular weight excluding hydrogens is 595 g/mol. The summed E-state index contributed by atoms with van der Waals surface area (Å²) in [5.74, 6) is -0.764. The van der Waals surface area contributed by atoms with Crippen molar-refractivity contribution in [3.63, 3.8) is 0 Å². The van der Waals surface area contributed by atoms with Crippen LogP contribution in [0.25, 0.3) is 0 Å². The minimum Gasteiger partial charge on any atom is -0.453 e. The van der Waals surface area contributed by atoms with Crippen LogP contribution in [0.2, 0.25) is 0 Å². The zero-order chi connectivity index (χ0) is 31.6. The zero-order valence-corrected chi connectivity index (χ0v) is 22.0. The Balaban J connectivity index is 2.16. The lowest BCUT2D eigenvalue weighted by Gasteiger charge is -2.42. The number of amides is 1. The summed E-state index contributed by atoms with van der Waals surface area (Å²) in [6, 6.07) is 1.41. The third-order valence-corrected chi connectivity index (χ3v) is 6.01. The van der Waals surface area contributed by atoms with E-state index >= 15 is 0 Å². The molecule has 3 rings (SSSR count). The Morgan fingerprint density at radius 2 is 1.55 bits per heavy atom. The molecule has 0 unspecified atom stereocenters. The average molecular weight is 618 g/mol. The lowest BCUT2D eigenvalue weighted by Crippen LogP contribution is -2.45. The van der Waals surface area contributed by atoms with E-state index in [-0.39, 0.29) is 30.3 Å². The fourth-order valence-electron chi connectivity index (χ4n) is 4.37. The second-order valence-electron chi connectivity index (χ2n) is 8.98. The van der Waals surface area contributed by atoms with E-state index in [2.05, 4.69) is 4.74 Å². The van der Waals surface area contributed by atoms with Gasteiger partial charge in [0, 0.05) is 12.1 Å². The molecule has 0 saturated heterocycles. The number of carbonyl (C=O) groups excluding carboxylic acids is 2. The number of alkyl halides is 9. The Morgan fingerprint density at radius 1 is 0.952 bits per heavy atom. The Kier molecular flexibility index (Phi) is 9.31. The first-order valence-electron chi connectivity index (χ1n) is 12.0. The molecule has 0 aliphatic carbocycles. The Bertz CT molecular complexity index is 1260.